The van der Waals surface area contributed by atoms with Gasteiger partial charge in [0.05, 0.1) is 16.9 Å². The van der Waals surface area contributed by atoms with Crippen molar-refractivity contribution in [2.45, 2.75) is 46.5 Å². The molecule has 1 aliphatic heterocycles. The first-order valence-electron chi connectivity index (χ1n) is 6.70. The van der Waals surface area contributed by atoms with E-state index in [0.29, 0.717) is 0 Å². The van der Waals surface area contributed by atoms with E-state index in [1.54, 1.807) is 0 Å². The summed E-state index contributed by atoms with van der Waals surface area (Å²) in [6.07, 6.45) is 2.80. The predicted octanol–water partition coefficient (Wildman–Crippen LogP) is 3.92. The van der Waals surface area contributed by atoms with Crippen LogP contribution in [-0.2, 0) is 10.2 Å². The van der Waals surface area contributed by atoms with Crippen molar-refractivity contribution in [3.8, 4) is 5.75 Å². The lowest BCUT2D eigenvalue weighted by Gasteiger charge is -2.20. The molecule has 1 aromatic carbocycles. The zero-order valence-electron chi connectivity index (χ0n) is 12.3. The van der Waals surface area contributed by atoms with Gasteiger partial charge in [-0.25, -0.2) is 0 Å². The van der Waals surface area contributed by atoms with Gasteiger partial charge in [0.25, 0.3) is 0 Å². The zero-order chi connectivity index (χ0) is 14.2. The second-order valence-corrected chi connectivity index (χ2v) is 5.42. The number of ether oxygens (including phenoxy) is 1. The van der Waals surface area contributed by atoms with Crippen LogP contribution >= 0.6 is 0 Å². The van der Waals surface area contributed by atoms with Gasteiger partial charge in [0.1, 0.15) is 5.75 Å². The topological polar surface area (TPSA) is 38.3 Å². The fourth-order valence-electron chi connectivity index (χ4n) is 2.41. The molecule has 0 fully saturated rings. The van der Waals surface area contributed by atoms with E-state index in [4.69, 9.17) is 4.74 Å². The van der Waals surface area contributed by atoms with Gasteiger partial charge in [-0.1, -0.05) is 13.0 Å². The number of rotatable bonds is 3. The van der Waals surface area contributed by atoms with Crippen LogP contribution in [0.5, 0.6) is 5.75 Å². The summed E-state index contributed by atoms with van der Waals surface area (Å²) in [4.78, 5) is 12.1. The lowest BCUT2D eigenvalue weighted by Crippen LogP contribution is -2.27. The van der Waals surface area contributed by atoms with E-state index in [0.717, 1.165) is 34.7 Å². The van der Waals surface area contributed by atoms with Crippen molar-refractivity contribution in [3.05, 3.63) is 35.1 Å². The zero-order valence-corrected chi connectivity index (χ0v) is 12.3. The fourth-order valence-corrected chi connectivity index (χ4v) is 2.41. The van der Waals surface area contributed by atoms with Crippen LogP contribution in [0.2, 0.25) is 0 Å². The number of hydrogen-bond acceptors (Lipinski definition) is 2. The number of allylic oxidation sites excluding steroid dienone is 2. The van der Waals surface area contributed by atoms with Gasteiger partial charge in [0.15, 0.2) is 0 Å². The Kier molecular flexibility index (Phi) is 3.40. The van der Waals surface area contributed by atoms with Crippen molar-refractivity contribution in [2.24, 2.45) is 0 Å². The monoisotopic (exact) mass is 259 g/mol. The summed E-state index contributed by atoms with van der Waals surface area (Å²) in [5, 5.41) is 2.97. The summed E-state index contributed by atoms with van der Waals surface area (Å²) < 4.78 is 5.96. The Morgan fingerprint density at radius 3 is 2.68 bits per heavy atom. The van der Waals surface area contributed by atoms with Gasteiger partial charge >= 0.3 is 0 Å². The molecule has 0 aromatic heterocycles. The Morgan fingerprint density at radius 1 is 1.42 bits per heavy atom. The molecule has 1 heterocycles. The van der Waals surface area contributed by atoms with Crippen LogP contribution < -0.4 is 10.1 Å². The molecule has 0 saturated carbocycles. The van der Waals surface area contributed by atoms with Gasteiger partial charge in [-0.05, 0) is 45.4 Å². The maximum atomic E-state index is 12.1. The molecule has 3 nitrogen and oxygen atoms in total. The molecule has 1 amide bonds. The Labute approximate surface area is 114 Å². The van der Waals surface area contributed by atoms with Crippen molar-refractivity contribution in [1.29, 1.82) is 0 Å². The minimum absolute atomic E-state index is 0.0279. The number of aryl methyl sites for hydroxylation is 1. The molecule has 2 rings (SSSR count). The summed E-state index contributed by atoms with van der Waals surface area (Å²) >= 11 is 0. The van der Waals surface area contributed by atoms with Gasteiger partial charge in [0, 0.05) is 12.0 Å². The summed E-state index contributed by atoms with van der Waals surface area (Å²) in [6.45, 7) is 9.88. The van der Waals surface area contributed by atoms with Crippen molar-refractivity contribution >= 4 is 11.6 Å². The number of nitrogens with one attached hydrogen (secondary N) is 1. The average molecular weight is 259 g/mol. The molecule has 0 aliphatic carbocycles. The van der Waals surface area contributed by atoms with Gasteiger partial charge in [-0.3, -0.25) is 4.79 Å². The SMILES string of the molecule is CC=C(CC)Oc1ccc(C)c2c1C(C)(C)C(=O)N2. The Morgan fingerprint density at radius 2 is 2.11 bits per heavy atom. The molecule has 19 heavy (non-hydrogen) atoms. The van der Waals surface area contributed by atoms with Crippen LogP contribution in [0, 0.1) is 6.92 Å². The van der Waals surface area contributed by atoms with Crippen LogP contribution in [0.15, 0.2) is 24.0 Å². The summed E-state index contributed by atoms with van der Waals surface area (Å²) in [7, 11) is 0. The van der Waals surface area contributed by atoms with Gasteiger partial charge < -0.3 is 10.1 Å². The molecule has 0 unspecified atom stereocenters. The maximum Gasteiger partial charge on any atom is 0.234 e. The highest BCUT2D eigenvalue weighted by molar-refractivity contribution is 6.07. The van der Waals surface area contributed by atoms with E-state index < -0.39 is 5.41 Å². The highest BCUT2D eigenvalue weighted by Gasteiger charge is 2.41. The maximum absolute atomic E-state index is 12.1. The number of hydrogen-bond donors (Lipinski definition) is 1. The second kappa shape index (κ2) is 4.72. The highest BCUT2D eigenvalue weighted by Crippen LogP contribution is 2.45. The van der Waals surface area contributed by atoms with Crippen LogP contribution in [0.4, 0.5) is 5.69 Å². The molecule has 0 spiro atoms. The molecule has 0 saturated heterocycles. The first-order chi connectivity index (χ1) is 8.91. The van der Waals surface area contributed by atoms with Crippen molar-refractivity contribution in [2.75, 3.05) is 5.32 Å². The number of amides is 1. The molecule has 102 valence electrons. The summed E-state index contributed by atoms with van der Waals surface area (Å²) in [6, 6.07) is 3.94. The third-order valence-electron chi connectivity index (χ3n) is 3.72. The minimum atomic E-state index is -0.552. The first-order valence-corrected chi connectivity index (χ1v) is 6.70. The Hall–Kier alpha value is -1.77. The van der Waals surface area contributed by atoms with Gasteiger partial charge in [-0.15, -0.1) is 0 Å². The van der Waals surface area contributed by atoms with E-state index in [-0.39, 0.29) is 5.91 Å². The molecule has 0 bridgehead atoms. The largest absolute Gasteiger partial charge is 0.462 e. The third-order valence-corrected chi connectivity index (χ3v) is 3.72. The van der Waals surface area contributed by atoms with Crippen LogP contribution in [0.3, 0.4) is 0 Å². The number of carbonyl (C=O) groups excluding carboxylic acids is 1. The normalized spacial score (nSPS) is 17.1. The molecule has 0 atom stereocenters. The number of fused-ring (bicyclic) bond motifs is 1. The second-order valence-electron chi connectivity index (χ2n) is 5.42. The third kappa shape index (κ3) is 2.14. The molecular formula is C16H21NO2. The smallest absolute Gasteiger partial charge is 0.234 e. The molecule has 1 N–H and O–H groups in total. The quantitative estimate of drug-likeness (QED) is 0.836. The van der Waals surface area contributed by atoms with E-state index in [1.807, 2.05) is 45.9 Å². The molecule has 1 aromatic rings. The highest BCUT2D eigenvalue weighted by atomic mass is 16.5. The van der Waals surface area contributed by atoms with E-state index in [2.05, 4.69) is 12.2 Å². The van der Waals surface area contributed by atoms with Crippen molar-refractivity contribution in [3.63, 3.8) is 0 Å². The number of carbonyl (C=O) groups is 1. The van der Waals surface area contributed by atoms with Crippen molar-refractivity contribution < 1.29 is 9.53 Å². The van der Waals surface area contributed by atoms with Crippen LogP contribution in [-0.4, -0.2) is 5.91 Å². The number of benzene rings is 1. The van der Waals surface area contributed by atoms with E-state index >= 15 is 0 Å². The summed E-state index contributed by atoms with van der Waals surface area (Å²) in [5.74, 6) is 1.72. The molecule has 3 heteroatoms. The standard InChI is InChI=1S/C16H21NO2/c1-6-11(7-2)19-12-9-8-10(3)14-13(12)16(4,5)15(18)17-14/h6,8-9H,7H2,1-5H3,(H,17,18). The predicted molar refractivity (Wildman–Crippen MR) is 77.5 cm³/mol. The van der Waals surface area contributed by atoms with E-state index in [9.17, 15) is 4.79 Å². The summed E-state index contributed by atoms with van der Waals surface area (Å²) in [5.41, 5.74) is 2.38. The van der Waals surface area contributed by atoms with Crippen LogP contribution in [0.1, 0.15) is 45.2 Å². The fraction of sp³-hybridized carbons (Fsp3) is 0.438. The van der Waals surface area contributed by atoms with Gasteiger partial charge in [0.2, 0.25) is 5.91 Å². The van der Waals surface area contributed by atoms with E-state index in [1.165, 1.54) is 0 Å². The Balaban J connectivity index is 2.55. The minimum Gasteiger partial charge on any atom is -0.462 e. The number of anilines is 1. The van der Waals surface area contributed by atoms with Gasteiger partial charge in [-0.2, -0.15) is 0 Å². The lowest BCUT2D eigenvalue weighted by atomic mass is 9.85. The van der Waals surface area contributed by atoms with Crippen LogP contribution in [0.25, 0.3) is 0 Å². The Bertz CT molecular complexity index is 556. The average Bonchev–Trinajstić information content (AvgIpc) is 2.62. The molecule has 0 radical (unpaired) electrons. The molecule has 1 aliphatic rings. The lowest BCUT2D eigenvalue weighted by molar-refractivity contribution is -0.119. The molecular weight excluding hydrogens is 238 g/mol. The first kappa shape index (κ1) is 13.7. The van der Waals surface area contributed by atoms with Crippen molar-refractivity contribution in [1.82, 2.24) is 0 Å².